The second-order valence-electron chi connectivity index (χ2n) is 10.2. The first kappa shape index (κ1) is 32.8. The minimum absolute atomic E-state index is 0.272. The number of aliphatic hydroxyl groups is 2. The summed E-state index contributed by atoms with van der Waals surface area (Å²) in [6.07, 6.45) is -3.56. The smallest absolute Gasteiger partial charge is 0.186 e. The fraction of sp³-hybridized carbons (Fsp3) is 1.00. The van der Waals surface area contributed by atoms with Crippen molar-refractivity contribution in [3.63, 3.8) is 0 Å². The van der Waals surface area contributed by atoms with Gasteiger partial charge in [-0.2, -0.15) is 0 Å². The minimum atomic E-state index is -1.02. The highest BCUT2D eigenvalue weighted by Crippen LogP contribution is 2.47. The highest BCUT2D eigenvalue weighted by Gasteiger charge is 2.60. The van der Waals surface area contributed by atoms with Crippen molar-refractivity contribution in [1.82, 2.24) is 0 Å². The summed E-state index contributed by atoms with van der Waals surface area (Å²) in [6, 6.07) is 0. The van der Waals surface area contributed by atoms with Gasteiger partial charge in [-0.05, 0) is 32.6 Å². The number of methoxy groups -OCH3 is 5. The lowest BCUT2D eigenvalue weighted by atomic mass is 9.71. The van der Waals surface area contributed by atoms with Gasteiger partial charge in [0.15, 0.2) is 6.29 Å². The second kappa shape index (κ2) is 14.3. The van der Waals surface area contributed by atoms with Crippen molar-refractivity contribution in [2.75, 3.05) is 42.2 Å². The molecule has 2 aliphatic rings. The molecule has 0 amide bonds. The lowest BCUT2D eigenvalue weighted by molar-refractivity contribution is -0.343. The molecule has 0 bridgehead atoms. The fourth-order valence-electron chi connectivity index (χ4n) is 6.59. The summed E-state index contributed by atoms with van der Waals surface area (Å²) in [5.74, 6) is -0.394. The van der Waals surface area contributed by atoms with Crippen LogP contribution < -0.4 is 0 Å². The van der Waals surface area contributed by atoms with E-state index in [9.17, 15) is 10.2 Å². The molecule has 10 heteroatoms. The van der Waals surface area contributed by atoms with Crippen LogP contribution in [-0.2, 0) is 37.9 Å². The molecule has 0 saturated carbocycles. The number of rotatable bonds is 14. The SMILES string of the molecule is CCC(CC)(OC(CC)(CC)C1C(COC)OC(OC)C(O)C1OC)C1OC(C)C(OC)C(OC)C1O. The average molecular weight is 537 g/mol. The van der Waals surface area contributed by atoms with Crippen LogP contribution >= 0.6 is 0 Å². The maximum atomic E-state index is 11.5. The van der Waals surface area contributed by atoms with Crippen LogP contribution in [0.4, 0.5) is 0 Å². The zero-order valence-electron chi connectivity index (χ0n) is 24.5. The van der Waals surface area contributed by atoms with Crippen LogP contribution in [0.5, 0.6) is 0 Å². The van der Waals surface area contributed by atoms with Gasteiger partial charge in [0.05, 0.1) is 36.1 Å². The molecule has 2 fully saturated rings. The van der Waals surface area contributed by atoms with Gasteiger partial charge in [-0.1, -0.05) is 27.7 Å². The summed E-state index contributed by atoms with van der Waals surface area (Å²) in [5.41, 5.74) is -1.67. The van der Waals surface area contributed by atoms with Gasteiger partial charge in [0.2, 0.25) is 0 Å². The molecule has 2 N–H and O–H groups in total. The van der Waals surface area contributed by atoms with Gasteiger partial charge < -0.3 is 48.1 Å². The zero-order valence-corrected chi connectivity index (χ0v) is 24.5. The van der Waals surface area contributed by atoms with Gasteiger partial charge in [0, 0.05) is 41.5 Å². The van der Waals surface area contributed by atoms with Crippen molar-refractivity contribution < 1.29 is 48.1 Å². The average Bonchev–Trinajstić information content (AvgIpc) is 2.91. The van der Waals surface area contributed by atoms with Gasteiger partial charge in [0.1, 0.15) is 30.5 Å². The van der Waals surface area contributed by atoms with Gasteiger partial charge in [-0.15, -0.1) is 0 Å². The lowest BCUT2D eigenvalue weighted by Crippen LogP contribution is -2.69. The van der Waals surface area contributed by atoms with E-state index in [4.69, 9.17) is 37.9 Å². The monoisotopic (exact) mass is 536 g/mol. The van der Waals surface area contributed by atoms with Crippen LogP contribution in [-0.4, -0.2) is 119 Å². The Morgan fingerprint density at radius 1 is 0.676 bits per heavy atom. The fourth-order valence-corrected chi connectivity index (χ4v) is 6.59. The summed E-state index contributed by atoms with van der Waals surface area (Å²) in [5, 5.41) is 22.6. The number of ether oxygens (including phenoxy) is 8. The maximum absolute atomic E-state index is 11.5. The predicted molar refractivity (Wildman–Crippen MR) is 137 cm³/mol. The van der Waals surface area contributed by atoms with Crippen molar-refractivity contribution in [3.8, 4) is 0 Å². The van der Waals surface area contributed by atoms with E-state index in [2.05, 4.69) is 13.8 Å². The van der Waals surface area contributed by atoms with Crippen LogP contribution in [0.1, 0.15) is 60.3 Å². The van der Waals surface area contributed by atoms with E-state index < -0.39 is 66.1 Å². The van der Waals surface area contributed by atoms with Gasteiger partial charge in [-0.3, -0.25) is 0 Å². The Morgan fingerprint density at radius 2 is 1.22 bits per heavy atom. The van der Waals surface area contributed by atoms with E-state index in [1.165, 1.54) is 7.11 Å². The zero-order chi connectivity index (χ0) is 28.0. The third-order valence-electron chi connectivity index (χ3n) is 8.78. The first-order valence-corrected chi connectivity index (χ1v) is 13.6. The Balaban J connectivity index is 2.59. The van der Waals surface area contributed by atoms with E-state index in [0.29, 0.717) is 25.7 Å². The topological polar surface area (TPSA) is 114 Å². The van der Waals surface area contributed by atoms with Crippen LogP contribution in [0.3, 0.4) is 0 Å². The summed E-state index contributed by atoms with van der Waals surface area (Å²) in [7, 11) is 7.85. The Morgan fingerprint density at radius 3 is 1.65 bits per heavy atom. The summed E-state index contributed by atoms with van der Waals surface area (Å²) >= 11 is 0. The van der Waals surface area contributed by atoms with Crippen LogP contribution in [0.25, 0.3) is 0 Å². The van der Waals surface area contributed by atoms with Crippen LogP contribution in [0.2, 0.25) is 0 Å². The third-order valence-corrected chi connectivity index (χ3v) is 8.78. The van der Waals surface area contributed by atoms with Gasteiger partial charge in [0.25, 0.3) is 0 Å². The molecular weight excluding hydrogens is 484 g/mol. The lowest BCUT2D eigenvalue weighted by Gasteiger charge is -2.57. The first-order chi connectivity index (χ1) is 17.6. The Labute approximate surface area is 223 Å². The minimum Gasteiger partial charge on any atom is -0.387 e. The molecule has 10 atom stereocenters. The van der Waals surface area contributed by atoms with Crippen molar-refractivity contribution in [3.05, 3.63) is 0 Å². The summed E-state index contributed by atoms with van der Waals surface area (Å²) in [4.78, 5) is 0. The second-order valence-corrected chi connectivity index (χ2v) is 10.2. The highest BCUT2D eigenvalue weighted by molar-refractivity contribution is 5.07. The van der Waals surface area contributed by atoms with E-state index in [1.807, 2.05) is 20.8 Å². The highest BCUT2D eigenvalue weighted by atomic mass is 16.7. The Hall–Kier alpha value is -0.400. The largest absolute Gasteiger partial charge is 0.387 e. The molecule has 0 aromatic carbocycles. The van der Waals surface area contributed by atoms with Crippen LogP contribution in [0.15, 0.2) is 0 Å². The predicted octanol–water partition coefficient (Wildman–Crippen LogP) is 2.31. The molecule has 10 unspecified atom stereocenters. The van der Waals surface area contributed by atoms with E-state index in [0.717, 1.165) is 0 Å². The maximum Gasteiger partial charge on any atom is 0.186 e. The Bertz CT molecular complexity index is 655. The van der Waals surface area contributed by atoms with Gasteiger partial charge >= 0.3 is 0 Å². The molecule has 0 spiro atoms. The molecule has 37 heavy (non-hydrogen) atoms. The van der Waals surface area contributed by atoms with Crippen molar-refractivity contribution in [2.45, 2.75) is 127 Å². The molecule has 0 aromatic heterocycles. The molecule has 0 aromatic rings. The first-order valence-electron chi connectivity index (χ1n) is 13.6. The molecule has 220 valence electrons. The molecule has 2 aliphatic heterocycles. The van der Waals surface area contributed by atoms with E-state index in [-0.39, 0.29) is 12.7 Å². The summed E-state index contributed by atoms with van der Waals surface area (Å²) in [6.45, 7) is 10.4. The van der Waals surface area contributed by atoms with Gasteiger partial charge in [-0.25, -0.2) is 0 Å². The quantitative estimate of drug-likeness (QED) is 0.343. The van der Waals surface area contributed by atoms with Crippen molar-refractivity contribution in [1.29, 1.82) is 0 Å². The molecular formula is C27H52O10. The van der Waals surface area contributed by atoms with Crippen LogP contribution in [0, 0.1) is 5.92 Å². The molecule has 0 aliphatic carbocycles. The number of hydrogen-bond acceptors (Lipinski definition) is 10. The Kier molecular flexibility index (Phi) is 12.7. The standard InChI is InChI=1S/C27H52O10/c1-11-26(12-2,18-17(15-30-6)36-25(34-10)20(29)22(18)32-8)37-27(13-3,14-4)24-19(28)23(33-9)21(31-7)16(5)35-24/h16-25,28-29H,11-15H2,1-10H3. The summed E-state index contributed by atoms with van der Waals surface area (Å²) < 4.78 is 48.1. The molecule has 10 nitrogen and oxygen atoms in total. The molecule has 0 radical (unpaired) electrons. The third kappa shape index (κ3) is 6.19. The molecule has 2 rings (SSSR count). The molecule has 2 saturated heterocycles. The normalized spacial score (nSPS) is 37.6. The van der Waals surface area contributed by atoms with E-state index >= 15 is 0 Å². The molecule has 2 heterocycles. The number of hydrogen-bond donors (Lipinski definition) is 2. The number of aliphatic hydroxyl groups excluding tert-OH is 2. The van der Waals surface area contributed by atoms with E-state index in [1.54, 1.807) is 28.4 Å². The van der Waals surface area contributed by atoms with Crippen molar-refractivity contribution in [2.24, 2.45) is 5.92 Å². The van der Waals surface area contributed by atoms with Crippen molar-refractivity contribution >= 4 is 0 Å².